The summed E-state index contributed by atoms with van der Waals surface area (Å²) in [5.74, 6) is 1.43. The minimum absolute atomic E-state index is 0.112. The second kappa shape index (κ2) is 6.18. The predicted octanol–water partition coefficient (Wildman–Crippen LogP) is 4.16. The van der Waals surface area contributed by atoms with Gasteiger partial charge >= 0.3 is 0 Å². The maximum Gasteiger partial charge on any atom is 0.278 e. The van der Waals surface area contributed by atoms with Crippen LogP contribution in [0.4, 0.5) is 5.69 Å². The van der Waals surface area contributed by atoms with Crippen molar-refractivity contribution in [2.24, 2.45) is 0 Å². The molecule has 0 saturated heterocycles. The molecule has 2 aromatic heterocycles. The van der Waals surface area contributed by atoms with E-state index >= 15 is 0 Å². The Balaban J connectivity index is 1.91. The largest absolute Gasteiger partial charge is 0.495 e. The van der Waals surface area contributed by atoms with Gasteiger partial charge in [0, 0.05) is 5.02 Å². The van der Waals surface area contributed by atoms with Crippen LogP contribution in [-0.4, -0.2) is 18.0 Å². The Morgan fingerprint density at radius 2 is 2.13 bits per heavy atom. The second-order valence-corrected chi connectivity index (χ2v) is 5.18. The Bertz CT molecular complexity index is 853. The van der Waals surface area contributed by atoms with E-state index in [1.807, 2.05) is 0 Å². The van der Waals surface area contributed by atoms with Gasteiger partial charge in [0.15, 0.2) is 17.8 Å². The first kappa shape index (κ1) is 15.2. The number of anilines is 1. The number of methoxy groups -OCH3 is 1. The molecule has 0 bridgehead atoms. The van der Waals surface area contributed by atoms with Crippen LogP contribution in [0.5, 0.6) is 5.75 Å². The van der Waals surface area contributed by atoms with Gasteiger partial charge < -0.3 is 18.9 Å². The molecule has 3 aromatic rings. The molecule has 23 heavy (non-hydrogen) atoms. The van der Waals surface area contributed by atoms with E-state index < -0.39 is 5.91 Å². The highest BCUT2D eigenvalue weighted by atomic mass is 35.5. The number of nitrogens with one attached hydrogen (secondary N) is 1. The molecule has 0 unspecified atom stereocenters. The highest BCUT2D eigenvalue weighted by Gasteiger charge is 2.21. The van der Waals surface area contributed by atoms with Gasteiger partial charge in [-0.2, -0.15) is 0 Å². The van der Waals surface area contributed by atoms with Crippen molar-refractivity contribution in [3.63, 3.8) is 0 Å². The van der Waals surface area contributed by atoms with Gasteiger partial charge in [-0.1, -0.05) is 11.6 Å². The molecule has 0 aliphatic heterocycles. The molecule has 0 aliphatic carbocycles. The first-order chi connectivity index (χ1) is 11.1. The number of rotatable bonds is 4. The molecule has 0 radical (unpaired) electrons. The zero-order chi connectivity index (χ0) is 16.4. The Morgan fingerprint density at radius 1 is 1.30 bits per heavy atom. The summed E-state index contributed by atoms with van der Waals surface area (Å²) in [5.41, 5.74) is 0.552. The van der Waals surface area contributed by atoms with Gasteiger partial charge in [-0.3, -0.25) is 4.79 Å². The van der Waals surface area contributed by atoms with Gasteiger partial charge in [0.05, 0.1) is 12.8 Å². The van der Waals surface area contributed by atoms with Crippen molar-refractivity contribution in [3.05, 3.63) is 53.2 Å². The molecule has 3 rings (SSSR count). The molecule has 0 aliphatic rings. The Hall–Kier alpha value is -2.73. The minimum Gasteiger partial charge on any atom is -0.495 e. The first-order valence-corrected chi connectivity index (χ1v) is 7.11. The number of amides is 1. The number of hydrogen-bond acceptors (Lipinski definition) is 5. The number of hydrogen-bond donors (Lipinski definition) is 1. The van der Waals surface area contributed by atoms with E-state index in [2.05, 4.69) is 10.3 Å². The number of nitrogens with zero attached hydrogens (tertiary/aromatic N) is 1. The molecular weight excluding hydrogens is 320 g/mol. The van der Waals surface area contributed by atoms with E-state index in [1.54, 1.807) is 37.3 Å². The number of carbonyl (C=O) groups is 1. The monoisotopic (exact) mass is 332 g/mol. The SMILES string of the molecule is COc1ccc(Cl)cc1NC(=O)c1ncoc1-c1ccc(C)o1. The van der Waals surface area contributed by atoms with Crippen LogP contribution >= 0.6 is 11.6 Å². The lowest BCUT2D eigenvalue weighted by molar-refractivity contribution is 0.102. The molecular formula is C16H13ClN2O4. The lowest BCUT2D eigenvalue weighted by Crippen LogP contribution is -2.14. The highest BCUT2D eigenvalue weighted by molar-refractivity contribution is 6.31. The third-order valence-electron chi connectivity index (χ3n) is 3.16. The molecule has 7 heteroatoms. The van der Waals surface area contributed by atoms with Gasteiger partial charge in [-0.25, -0.2) is 4.98 Å². The number of halogens is 1. The number of benzene rings is 1. The molecule has 118 valence electrons. The number of ether oxygens (including phenoxy) is 1. The highest BCUT2D eigenvalue weighted by Crippen LogP contribution is 2.30. The molecule has 0 atom stereocenters. The van der Waals surface area contributed by atoms with Gasteiger partial charge in [0.2, 0.25) is 5.76 Å². The van der Waals surface area contributed by atoms with Gasteiger partial charge in [-0.15, -0.1) is 0 Å². The van der Waals surface area contributed by atoms with Crippen molar-refractivity contribution in [1.29, 1.82) is 0 Å². The number of carbonyl (C=O) groups excluding carboxylic acids is 1. The van der Waals surface area contributed by atoms with E-state index in [-0.39, 0.29) is 11.5 Å². The van der Waals surface area contributed by atoms with Gasteiger partial charge in [0.1, 0.15) is 11.5 Å². The van der Waals surface area contributed by atoms with E-state index in [0.717, 1.165) is 0 Å². The maximum atomic E-state index is 12.5. The predicted molar refractivity (Wildman–Crippen MR) is 84.9 cm³/mol. The smallest absolute Gasteiger partial charge is 0.278 e. The quantitative estimate of drug-likeness (QED) is 0.776. The molecule has 1 N–H and O–H groups in total. The number of furan rings is 1. The van der Waals surface area contributed by atoms with Crippen molar-refractivity contribution in [2.45, 2.75) is 6.92 Å². The summed E-state index contributed by atoms with van der Waals surface area (Å²) < 4.78 is 16.0. The Labute approximate surface area is 137 Å². The Kier molecular flexibility index (Phi) is 4.08. The minimum atomic E-state index is -0.455. The number of aryl methyl sites for hydroxylation is 1. The molecule has 0 fully saturated rings. The molecule has 1 aromatic carbocycles. The van der Waals surface area contributed by atoms with Crippen molar-refractivity contribution < 1.29 is 18.4 Å². The van der Waals surface area contributed by atoms with Crippen molar-refractivity contribution in [2.75, 3.05) is 12.4 Å². The van der Waals surface area contributed by atoms with E-state index in [1.165, 1.54) is 13.5 Å². The second-order valence-electron chi connectivity index (χ2n) is 4.74. The summed E-state index contributed by atoms with van der Waals surface area (Å²) >= 11 is 5.96. The summed E-state index contributed by atoms with van der Waals surface area (Å²) in [6.45, 7) is 1.80. The lowest BCUT2D eigenvalue weighted by Gasteiger charge is -2.09. The van der Waals surface area contributed by atoms with Crippen LogP contribution in [0.15, 0.2) is 45.6 Å². The van der Waals surface area contributed by atoms with Crippen LogP contribution in [0, 0.1) is 6.92 Å². The standard InChI is InChI=1S/C16H13ClN2O4/c1-9-3-5-13(23-9)15-14(18-8-22-15)16(20)19-11-7-10(17)4-6-12(11)21-2/h3-8H,1-2H3,(H,19,20). The number of aromatic nitrogens is 1. The molecule has 0 saturated carbocycles. The average Bonchev–Trinajstić information content (AvgIpc) is 3.15. The van der Waals surface area contributed by atoms with Crippen molar-refractivity contribution in [3.8, 4) is 17.3 Å². The first-order valence-electron chi connectivity index (χ1n) is 6.73. The maximum absolute atomic E-state index is 12.5. The molecule has 1 amide bonds. The molecule has 2 heterocycles. The summed E-state index contributed by atoms with van der Waals surface area (Å²) in [7, 11) is 1.51. The zero-order valence-corrected chi connectivity index (χ0v) is 13.2. The lowest BCUT2D eigenvalue weighted by atomic mass is 10.2. The third kappa shape index (κ3) is 3.07. The summed E-state index contributed by atoms with van der Waals surface area (Å²) in [5, 5.41) is 3.18. The van der Waals surface area contributed by atoms with Crippen molar-refractivity contribution >= 4 is 23.2 Å². The van der Waals surface area contributed by atoms with E-state index in [9.17, 15) is 4.79 Å². The van der Waals surface area contributed by atoms with Crippen LogP contribution in [-0.2, 0) is 0 Å². The van der Waals surface area contributed by atoms with Crippen LogP contribution in [0.1, 0.15) is 16.2 Å². The number of oxazole rings is 1. The van der Waals surface area contributed by atoms with Gasteiger partial charge in [0.25, 0.3) is 5.91 Å². The fourth-order valence-corrected chi connectivity index (χ4v) is 2.27. The topological polar surface area (TPSA) is 77.5 Å². The van der Waals surface area contributed by atoms with Crippen LogP contribution < -0.4 is 10.1 Å². The fourth-order valence-electron chi connectivity index (χ4n) is 2.10. The van der Waals surface area contributed by atoms with Crippen LogP contribution in [0.3, 0.4) is 0 Å². The van der Waals surface area contributed by atoms with Gasteiger partial charge in [-0.05, 0) is 37.3 Å². The molecule has 6 nitrogen and oxygen atoms in total. The molecule has 0 spiro atoms. The average molecular weight is 333 g/mol. The normalized spacial score (nSPS) is 10.6. The van der Waals surface area contributed by atoms with Crippen LogP contribution in [0.2, 0.25) is 5.02 Å². The summed E-state index contributed by atoms with van der Waals surface area (Å²) in [4.78, 5) is 16.4. The van der Waals surface area contributed by atoms with Crippen molar-refractivity contribution in [1.82, 2.24) is 4.98 Å². The third-order valence-corrected chi connectivity index (χ3v) is 3.39. The summed E-state index contributed by atoms with van der Waals surface area (Å²) in [6.07, 6.45) is 1.19. The van der Waals surface area contributed by atoms with E-state index in [4.69, 9.17) is 25.2 Å². The van der Waals surface area contributed by atoms with Crippen LogP contribution in [0.25, 0.3) is 11.5 Å². The fraction of sp³-hybridized carbons (Fsp3) is 0.125. The Morgan fingerprint density at radius 3 is 2.83 bits per heavy atom. The summed E-state index contributed by atoms with van der Waals surface area (Å²) in [6, 6.07) is 8.42. The van der Waals surface area contributed by atoms with E-state index in [0.29, 0.717) is 28.0 Å². The zero-order valence-electron chi connectivity index (χ0n) is 12.4.